The number of amidine groups is 1. The van der Waals surface area contributed by atoms with Gasteiger partial charge in [0.15, 0.2) is 5.17 Å². The van der Waals surface area contributed by atoms with Gasteiger partial charge in [-0.3, -0.25) is 9.69 Å². The number of anilines is 1. The van der Waals surface area contributed by atoms with Crippen LogP contribution in [-0.4, -0.2) is 18.2 Å². The van der Waals surface area contributed by atoms with Crippen LogP contribution in [0.1, 0.15) is 22.3 Å². The van der Waals surface area contributed by atoms with Gasteiger partial charge in [-0.2, -0.15) is 0 Å². The number of carbonyl (C=O) groups excluding carboxylic acids is 1. The molecule has 1 heterocycles. The summed E-state index contributed by atoms with van der Waals surface area (Å²) in [6, 6.07) is 19.9. The Labute approximate surface area is 191 Å². The fourth-order valence-corrected chi connectivity index (χ4v) is 4.46. The lowest BCUT2D eigenvalue weighted by molar-refractivity contribution is -0.113. The zero-order chi connectivity index (χ0) is 22.7. The minimum absolute atomic E-state index is 0.174. The van der Waals surface area contributed by atoms with Gasteiger partial charge < -0.3 is 4.74 Å². The van der Waals surface area contributed by atoms with E-state index in [1.807, 2.05) is 50.2 Å². The molecule has 4 rings (SSSR count). The molecule has 0 saturated heterocycles. The van der Waals surface area contributed by atoms with Crippen LogP contribution < -0.4 is 9.64 Å². The molecule has 0 aliphatic carbocycles. The van der Waals surface area contributed by atoms with E-state index in [0.717, 1.165) is 33.7 Å². The molecule has 0 aromatic heterocycles. The van der Waals surface area contributed by atoms with E-state index in [0.29, 0.717) is 16.6 Å². The third kappa shape index (κ3) is 4.92. The van der Waals surface area contributed by atoms with Crippen LogP contribution in [0, 0.1) is 19.7 Å². The van der Waals surface area contributed by atoms with E-state index in [9.17, 15) is 9.18 Å². The van der Waals surface area contributed by atoms with Crippen LogP contribution in [0.2, 0.25) is 0 Å². The maximum absolute atomic E-state index is 13.4. The predicted molar refractivity (Wildman–Crippen MR) is 130 cm³/mol. The molecule has 162 valence electrons. The normalized spacial score (nSPS) is 14.8. The lowest BCUT2D eigenvalue weighted by atomic mass is 10.1. The second-order valence-electron chi connectivity index (χ2n) is 7.60. The highest BCUT2D eigenvalue weighted by Gasteiger charge is 2.32. The molecule has 1 aliphatic heterocycles. The van der Waals surface area contributed by atoms with E-state index in [1.54, 1.807) is 30.2 Å². The first-order valence-electron chi connectivity index (χ1n) is 10.2. The molecule has 4 nitrogen and oxygen atoms in total. The number of carbonyl (C=O) groups is 1. The van der Waals surface area contributed by atoms with Gasteiger partial charge in [-0.25, -0.2) is 9.38 Å². The number of nitrogens with zero attached hydrogens (tertiary/aromatic N) is 2. The fourth-order valence-electron chi connectivity index (χ4n) is 3.49. The Kier molecular flexibility index (Phi) is 6.42. The Hall–Kier alpha value is -3.38. The van der Waals surface area contributed by atoms with Crippen molar-refractivity contribution < 1.29 is 13.9 Å². The van der Waals surface area contributed by atoms with Gasteiger partial charge in [-0.1, -0.05) is 42.1 Å². The topological polar surface area (TPSA) is 41.9 Å². The second kappa shape index (κ2) is 9.40. The second-order valence-corrected chi connectivity index (χ2v) is 8.54. The van der Waals surface area contributed by atoms with Crippen molar-refractivity contribution in [2.45, 2.75) is 19.6 Å². The Morgan fingerprint density at radius 2 is 1.66 bits per heavy atom. The number of ether oxygens (including phenoxy) is 1. The molecule has 1 amide bonds. The lowest BCUT2D eigenvalue weighted by Gasteiger charge is -2.19. The third-order valence-electron chi connectivity index (χ3n) is 4.99. The molecular formula is C26H23FN2O2S. The highest BCUT2D eigenvalue weighted by atomic mass is 32.2. The van der Waals surface area contributed by atoms with Gasteiger partial charge in [0.25, 0.3) is 5.91 Å². The van der Waals surface area contributed by atoms with Crippen LogP contribution in [0.3, 0.4) is 0 Å². The van der Waals surface area contributed by atoms with Gasteiger partial charge in [0.05, 0.1) is 12.8 Å². The Morgan fingerprint density at radius 3 is 2.28 bits per heavy atom. The number of aryl methyl sites for hydroxylation is 2. The van der Waals surface area contributed by atoms with E-state index in [-0.39, 0.29) is 11.7 Å². The van der Waals surface area contributed by atoms with Crippen molar-refractivity contribution in [3.63, 3.8) is 0 Å². The first-order valence-corrected chi connectivity index (χ1v) is 11.2. The molecular weight excluding hydrogens is 423 g/mol. The Morgan fingerprint density at radius 1 is 1.00 bits per heavy atom. The zero-order valence-electron chi connectivity index (χ0n) is 18.1. The van der Waals surface area contributed by atoms with Crippen molar-refractivity contribution in [1.82, 2.24) is 0 Å². The van der Waals surface area contributed by atoms with E-state index in [2.05, 4.69) is 11.1 Å². The lowest BCUT2D eigenvalue weighted by Crippen LogP contribution is -2.30. The zero-order valence-corrected chi connectivity index (χ0v) is 18.9. The minimum Gasteiger partial charge on any atom is -0.497 e. The number of methoxy groups -OCH3 is 1. The summed E-state index contributed by atoms with van der Waals surface area (Å²) in [6.07, 6.45) is 1.78. The van der Waals surface area contributed by atoms with Crippen LogP contribution in [-0.2, 0) is 10.5 Å². The molecule has 1 aliphatic rings. The molecule has 0 bridgehead atoms. The number of aliphatic imine (C=N–C) groups is 1. The van der Waals surface area contributed by atoms with Gasteiger partial charge in [-0.05, 0) is 78.6 Å². The molecule has 0 radical (unpaired) electrons. The molecule has 0 saturated carbocycles. The summed E-state index contributed by atoms with van der Waals surface area (Å²) in [5.74, 6) is 0.880. The fraction of sp³-hybridized carbons (Fsp3) is 0.154. The summed E-state index contributed by atoms with van der Waals surface area (Å²) in [5.41, 5.74) is 5.13. The summed E-state index contributed by atoms with van der Waals surface area (Å²) in [7, 11) is 1.62. The summed E-state index contributed by atoms with van der Waals surface area (Å²) in [5, 5.41) is 0.601. The van der Waals surface area contributed by atoms with Crippen LogP contribution >= 0.6 is 11.8 Å². The quantitative estimate of drug-likeness (QED) is 0.443. The van der Waals surface area contributed by atoms with Gasteiger partial charge in [0.2, 0.25) is 0 Å². The van der Waals surface area contributed by atoms with Crippen molar-refractivity contribution in [2.75, 3.05) is 12.0 Å². The Bertz CT molecular complexity index is 1180. The molecule has 32 heavy (non-hydrogen) atoms. The van der Waals surface area contributed by atoms with E-state index >= 15 is 0 Å². The van der Waals surface area contributed by atoms with Gasteiger partial charge >= 0.3 is 0 Å². The summed E-state index contributed by atoms with van der Waals surface area (Å²) in [6.45, 7) is 4.02. The Balaban J connectivity index is 1.67. The smallest absolute Gasteiger partial charge is 0.283 e. The first-order chi connectivity index (χ1) is 15.4. The molecule has 0 atom stereocenters. The number of amides is 1. The van der Waals surface area contributed by atoms with Crippen LogP contribution in [0.15, 0.2) is 77.4 Å². The number of thioether (sulfide) groups is 1. The molecule has 0 spiro atoms. The van der Waals surface area contributed by atoms with E-state index < -0.39 is 0 Å². The van der Waals surface area contributed by atoms with Crippen LogP contribution in [0.4, 0.5) is 10.1 Å². The number of hydrogen-bond acceptors (Lipinski definition) is 4. The number of benzene rings is 3. The average Bonchev–Trinajstić information content (AvgIpc) is 3.08. The third-order valence-corrected chi connectivity index (χ3v) is 6.00. The van der Waals surface area contributed by atoms with E-state index in [4.69, 9.17) is 4.74 Å². The first kappa shape index (κ1) is 21.8. The van der Waals surface area contributed by atoms with Crippen molar-refractivity contribution in [3.05, 3.63) is 100 Å². The van der Waals surface area contributed by atoms with Crippen LogP contribution in [0.25, 0.3) is 6.08 Å². The summed E-state index contributed by atoms with van der Waals surface area (Å²) < 4.78 is 18.5. The highest BCUT2D eigenvalue weighted by molar-refractivity contribution is 8.13. The van der Waals surface area contributed by atoms with Crippen molar-refractivity contribution >= 4 is 34.6 Å². The maximum atomic E-state index is 13.4. The monoisotopic (exact) mass is 446 g/mol. The molecule has 0 unspecified atom stereocenters. The number of rotatable bonds is 5. The van der Waals surface area contributed by atoms with Crippen molar-refractivity contribution in [3.8, 4) is 5.75 Å². The molecule has 0 N–H and O–H groups in total. The molecule has 3 aromatic rings. The largest absolute Gasteiger partial charge is 0.497 e. The molecule has 0 fully saturated rings. The summed E-state index contributed by atoms with van der Waals surface area (Å²) >= 11 is 1.45. The maximum Gasteiger partial charge on any atom is 0.283 e. The standard InChI is InChI=1S/C26H23FN2O2S/c1-17-12-18(2)14-22(13-17)29-25(30)24(15-19-6-10-23(31-3)11-7-19)28-26(29)32-16-20-4-8-21(27)9-5-20/h4-15H,16H2,1-3H3/b24-15-. The highest BCUT2D eigenvalue weighted by Crippen LogP contribution is 2.32. The summed E-state index contributed by atoms with van der Waals surface area (Å²) in [4.78, 5) is 19.7. The SMILES string of the molecule is COc1ccc(/C=C2\N=C(SCc3ccc(F)cc3)N(c3cc(C)cc(C)c3)C2=O)cc1. The van der Waals surface area contributed by atoms with Gasteiger partial charge in [-0.15, -0.1) is 0 Å². The van der Waals surface area contributed by atoms with Crippen LogP contribution in [0.5, 0.6) is 5.75 Å². The van der Waals surface area contributed by atoms with Crippen molar-refractivity contribution in [2.24, 2.45) is 4.99 Å². The predicted octanol–water partition coefficient (Wildman–Crippen LogP) is 6.13. The van der Waals surface area contributed by atoms with Crippen molar-refractivity contribution in [1.29, 1.82) is 0 Å². The number of halogens is 1. The molecule has 6 heteroatoms. The number of hydrogen-bond donors (Lipinski definition) is 0. The average molecular weight is 447 g/mol. The molecule has 3 aromatic carbocycles. The van der Waals surface area contributed by atoms with Gasteiger partial charge in [0.1, 0.15) is 17.3 Å². The van der Waals surface area contributed by atoms with E-state index in [1.165, 1.54) is 23.9 Å². The van der Waals surface area contributed by atoms with Gasteiger partial charge in [0, 0.05) is 5.75 Å². The minimum atomic E-state index is -0.270.